The van der Waals surface area contributed by atoms with E-state index in [1.54, 1.807) is 0 Å². The van der Waals surface area contributed by atoms with Crippen molar-refractivity contribution in [3.63, 3.8) is 0 Å². The van der Waals surface area contributed by atoms with Crippen LogP contribution in [-0.4, -0.2) is 12.1 Å². The third kappa shape index (κ3) is 1.82. The lowest BCUT2D eigenvalue weighted by Gasteiger charge is -2.30. The van der Waals surface area contributed by atoms with Gasteiger partial charge in [-0.2, -0.15) is 0 Å². The Morgan fingerprint density at radius 3 is 2.67 bits per heavy atom. The number of hydrogen-bond donors (Lipinski definition) is 1. The van der Waals surface area contributed by atoms with Crippen LogP contribution in [0.15, 0.2) is 0 Å². The summed E-state index contributed by atoms with van der Waals surface area (Å²) in [6.07, 6.45) is 8.51. The van der Waals surface area contributed by atoms with E-state index in [1.165, 1.54) is 38.5 Å². The molecule has 12 heavy (non-hydrogen) atoms. The Balaban J connectivity index is 2.05. The van der Waals surface area contributed by atoms with Gasteiger partial charge < -0.3 is 5.32 Å². The normalized spacial score (nSPS) is 40.5. The molecule has 0 aliphatic carbocycles. The monoisotopic (exact) mass is 167 g/mol. The van der Waals surface area contributed by atoms with Crippen LogP contribution in [0.3, 0.4) is 0 Å². The van der Waals surface area contributed by atoms with Crippen LogP contribution in [-0.2, 0) is 0 Å². The van der Waals surface area contributed by atoms with Crippen LogP contribution in [0.2, 0.25) is 0 Å². The molecule has 70 valence electrons. The fourth-order valence-corrected chi connectivity index (χ4v) is 2.83. The largest absolute Gasteiger partial charge is 0.311 e. The Labute approximate surface area is 75.9 Å². The highest BCUT2D eigenvalue weighted by molar-refractivity contribution is 4.89. The molecule has 2 heterocycles. The van der Waals surface area contributed by atoms with E-state index in [1.807, 2.05) is 0 Å². The van der Waals surface area contributed by atoms with Crippen molar-refractivity contribution in [1.29, 1.82) is 0 Å². The van der Waals surface area contributed by atoms with Gasteiger partial charge in [0.25, 0.3) is 0 Å². The molecule has 2 unspecified atom stereocenters. The Morgan fingerprint density at radius 2 is 1.83 bits per heavy atom. The number of fused-ring (bicyclic) bond motifs is 2. The van der Waals surface area contributed by atoms with E-state index in [0.29, 0.717) is 5.41 Å². The van der Waals surface area contributed by atoms with Gasteiger partial charge in [-0.3, -0.25) is 0 Å². The maximum atomic E-state index is 3.77. The van der Waals surface area contributed by atoms with E-state index in [-0.39, 0.29) is 0 Å². The van der Waals surface area contributed by atoms with Crippen LogP contribution in [0, 0.1) is 5.41 Å². The quantitative estimate of drug-likeness (QED) is 0.585. The minimum absolute atomic E-state index is 0.594. The van der Waals surface area contributed by atoms with Crippen molar-refractivity contribution in [3.8, 4) is 0 Å². The molecule has 0 radical (unpaired) electrons. The fraction of sp³-hybridized carbons (Fsp3) is 1.00. The van der Waals surface area contributed by atoms with E-state index in [0.717, 1.165) is 12.1 Å². The average molecular weight is 167 g/mol. The van der Waals surface area contributed by atoms with Crippen molar-refractivity contribution in [2.45, 2.75) is 64.5 Å². The number of hydrogen-bond acceptors (Lipinski definition) is 1. The molecule has 2 aliphatic rings. The van der Waals surface area contributed by atoms with Crippen molar-refractivity contribution < 1.29 is 0 Å². The van der Waals surface area contributed by atoms with Crippen molar-refractivity contribution in [2.75, 3.05) is 0 Å². The Morgan fingerprint density at radius 1 is 1.08 bits per heavy atom. The van der Waals surface area contributed by atoms with Gasteiger partial charge in [-0.15, -0.1) is 0 Å². The topological polar surface area (TPSA) is 12.0 Å². The first-order valence-electron chi connectivity index (χ1n) is 5.42. The molecule has 0 amide bonds. The lowest BCUT2D eigenvalue weighted by molar-refractivity contribution is 0.273. The van der Waals surface area contributed by atoms with Gasteiger partial charge in [0.2, 0.25) is 0 Å². The predicted octanol–water partition coefficient (Wildman–Crippen LogP) is 2.71. The second-order valence-corrected chi connectivity index (χ2v) is 5.40. The number of rotatable bonds is 0. The second-order valence-electron chi connectivity index (χ2n) is 5.40. The van der Waals surface area contributed by atoms with Crippen molar-refractivity contribution in [2.24, 2.45) is 5.41 Å². The SMILES string of the molecule is CC1(C)CCC2CCCC(C1)N2. The standard InChI is InChI=1S/C11H21N/c1-11(2)7-6-9-4-3-5-10(8-11)12-9/h9-10,12H,3-8H2,1-2H3. The van der Waals surface area contributed by atoms with Crippen LogP contribution < -0.4 is 5.32 Å². The summed E-state index contributed by atoms with van der Waals surface area (Å²) in [6, 6.07) is 1.69. The zero-order valence-electron chi connectivity index (χ0n) is 8.40. The van der Waals surface area contributed by atoms with Crippen molar-refractivity contribution in [1.82, 2.24) is 5.32 Å². The molecule has 2 fully saturated rings. The molecule has 0 saturated carbocycles. The van der Waals surface area contributed by atoms with Crippen molar-refractivity contribution in [3.05, 3.63) is 0 Å². The molecule has 0 aromatic heterocycles. The molecule has 1 nitrogen and oxygen atoms in total. The maximum Gasteiger partial charge on any atom is 0.00747 e. The molecular formula is C11H21N. The van der Waals surface area contributed by atoms with Crippen LogP contribution in [0.4, 0.5) is 0 Å². The van der Waals surface area contributed by atoms with Gasteiger partial charge in [-0.1, -0.05) is 20.3 Å². The van der Waals surface area contributed by atoms with E-state index in [9.17, 15) is 0 Å². The molecule has 2 saturated heterocycles. The molecule has 1 N–H and O–H groups in total. The molecule has 1 heteroatoms. The number of nitrogens with one attached hydrogen (secondary N) is 1. The Kier molecular flexibility index (Phi) is 2.16. The van der Waals surface area contributed by atoms with Crippen LogP contribution in [0.1, 0.15) is 52.4 Å². The van der Waals surface area contributed by atoms with Crippen LogP contribution >= 0.6 is 0 Å². The Hall–Kier alpha value is -0.0400. The lowest BCUT2D eigenvalue weighted by atomic mass is 9.82. The first kappa shape index (κ1) is 8.55. The van der Waals surface area contributed by atoms with Gasteiger partial charge >= 0.3 is 0 Å². The summed E-state index contributed by atoms with van der Waals surface area (Å²) in [5, 5.41) is 3.77. The molecule has 0 spiro atoms. The molecule has 2 aliphatic heterocycles. The maximum absolute atomic E-state index is 3.77. The highest BCUT2D eigenvalue weighted by atomic mass is 15.0. The van der Waals surface area contributed by atoms with Gasteiger partial charge in [0.15, 0.2) is 0 Å². The van der Waals surface area contributed by atoms with Gasteiger partial charge in [0, 0.05) is 12.1 Å². The van der Waals surface area contributed by atoms with E-state index in [4.69, 9.17) is 0 Å². The van der Waals surface area contributed by atoms with E-state index < -0.39 is 0 Å². The fourth-order valence-electron chi connectivity index (χ4n) is 2.83. The second kappa shape index (κ2) is 3.02. The summed E-state index contributed by atoms with van der Waals surface area (Å²) in [5.41, 5.74) is 0.594. The Bertz CT molecular complexity index is 162. The van der Waals surface area contributed by atoms with Gasteiger partial charge in [0.1, 0.15) is 0 Å². The summed E-state index contributed by atoms with van der Waals surface area (Å²) in [4.78, 5) is 0. The summed E-state index contributed by atoms with van der Waals surface area (Å²) in [6.45, 7) is 4.85. The van der Waals surface area contributed by atoms with E-state index in [2.05, 4.69) is 19.2 Å². The summed E-state index contributed by atoms with van der Waals surface area (Å²) >= 11 is 0. The lowest BCUT2D eigenvalue weighted by Crippen LogP contribution is -2.41. The highest BCUT2D eigenvalue weighted by Gasteiger charge is 2.31. The molecule has 2 atom stereocenters. The number of piperidine rings is 1. The third-order valence-corrected chi connectivity index (χ3v) is 3.55. The van der Waals surface area contributed by atoms with E-state index >= 15 is 0 Å². The zero-order chi connectivity index (χ0) is 8.60. The first-order chi connectivity index (χ1) is 5.66. The van der Waals surface area contributed by atoms with Crippen LogP contribution in [0.5, 0.6) is 0 Å². The summed E-state index contributed by atoms with van der Waals surface area (Å²) in [7, 11) is 0. The average Bonchev–Trinajstić information content (AvgIpc) is 2.09. The molecular weight excluding hydrogens is 146 g/mol. The molecule has 0 aromatic carbocycles. The third-order valence-electron chi connectivity index (χ3n) is 3.55. The van der Waals surface area contributed by atoms with Gasteiger partial charge in [-0.05, 0) is 37.5 Å². The first-order valence-corrected chi connectivity index (χ1v) is 5.42. The summed E-state index contributed by atoms with van der Waals surface area (Å²) < 4.78 is 0. The van der Waals surface area contributed by atoms with Gasteiger partial charge in [-0.25, -0.2) is 0 Å². The zero-order valence-corrected chi connectivity index (χ0v) is 8.40. The smallest absolute Gasteiger partial charge is 0.00747 e. The minimum atomic E-state index is 0.594. The predicted molar refractivity (Wildman–Crippen MR) is 52.2 cm³/mol. The molecule has 0 aromatic rings. The summed E-state index contributed by atoms with van der Waals surface area (Å²) in [5.74, 6) is 0. The highest BCUT2D eigenvalue weighted by Crippen LogP contribution is 2.36. The minimum Gasteiger partial charge on any atom is -0.311 e. The molecule has 2 rings (SSSR count). The van der Waals surface area contributed by atoms with Gasteiger partial charge in [0.05, 0.1) is 0 Å². The molecule has 2 bridgehead atoms. The van der Waals surface area contributed by atoms with Crippen LogP contribution in [0.25, 0.3) is 0 Å². The van der Waals surface area contributed by atoms with Crippen molar-refractivity contribution >= 4 is 0 Å².